The van der Waals surface area contributed by atoms with E-state index < -0.39 is 0 Å². The maximum Gasteiger partial charge on any atom is 0.258 e. The first kappa shape index (κ1) is 17.6. The van der Waals surface area contributed by atoms with E-state index in [0.29, 0.717) is 10.6 Å². The van der Waals surface area contributed by atoms with Gasteiger partial charge in [-0.05, 0) is 36.8 Å². The number of halogens is 2. The molecule has 2 heterocycles. The highest BCUT2D eigenvalue weighted by molar-refractivity contribution is 9.10. The van der Waals surface area contributed by atoms with Crippen molar-refractivity contribution in [1.29, 1.82) is 0 Å². The van der Waals surface area contributed by atoms with Crippen molar-refractivity contribution in [3.05, 3.63) is 74.3 Å². The maximum absolute atomic E-state index is 12.9. The van der Waals surface area contributed by atoms with E-state index in [4.69, 9.17) is 16.7 Å². The summed E-state index contributed by atoms with van der Waals surface area (Å²) in [6, 6.07) is 13.2. The molecule has 0 saturated carbocycles. The smallest absolute Gasteiger partial charge is 0.258 e. The van der Waals surface area contributed by atoms with Gasteiger partial charge in [0.1, 0.15) is 5.82 Å². The third-order valence-electron chi connectivity index (χ3n) is 4.30. The Hall–Kier alpha value is -1.76. The van der Waals surface area contributed by atoms with Crippen LogP contribution in [0.1, 0.15) is 27.2 Å². The largest absolute Gasteiger partial charge is 0.306 e. The highest BCUT2D eigenvalue weighted by Crippen LogP contribution is 2.37. The van der Waals surface area contributed by atoms with Gasteiger partial charge in [-0.3, -0.25) is 4.79 Å². The molecule has 0 radical (unpaired) electrons. The monoisotopic (exact) mass is 447 g/mol. The summed E-state index contributed by atoms with van der Waals surface area (Å²) in [5.74, 6) is 2.17. The minimum atomic E-state index is -0.245. The van der Waals surface area contributed by atoms with Crippen LogP contribution in [-0.2, 0) is 11.5 Å². The van der Waals surface area contributed by atoms with Gasteiger partial charge in [-0.1, -0.05) is 45.7 Å². The van der Waals surface area contributed by atoms with Crippen LogP contribution >= 0.6 is 39.3 Å². The Morgan fingerprint density at radius 2 is 2.08 bits per heavy atom. The van der Waals surface area contributed by atoms with Crippen LogP contribution in [0.4, 0.5) is 5.82 Å². The summed E-state index contributed by atoms with van der Waals surface area (Å²) < 4.78 is 2.64. The molecule has 1 aliphatic rings. The lowest BCUT2D eigenvalue weighted by atomic mass is 10.2. The van der Waals surface area contributed by atoms with E-state index in [-0.39, 0.29) is 5.91 Å². The van der Waals surface area contributed by atoms with Crippen LogP contribution in [0.3, 0.4) is 0 Å². The molecule has 0 atom stereocenters. The van der Waals surface area contributed by atoms with Gasteiger partial charge < -0.3 is 5.32 Å². The predicted molar refractivity (Wildman–Crippen MR) is 110 cm³/mol. The average Bonchev–Trinajstić information content (AvgIpc) is 3.20. The van der Waals surface area contributed by atoms with E-state index in [1.807, 2.05) is 41.9 Å². The van der Waals surface area contributed by atoms with Gasteiger partial charge in [0, 0.05) is 21.5 Å². The number of nitrogens with zero attached hydrogens (tertiary/aromatic N) is 2. The lowest BCUT2D eigenvalue weighted by Gasteiger charge is -2.13. The molecule has 0 saturated heterocycles. The second-order valence-corrected chi connectivity index (χ2v) is 8.35. The van der Waals surface area contributed by atoms with Gasteiger partial charge in [0.25, 0.3) is 5.91 Å². The number of anilines is 1. The fourth-order valence-corrected chi connectivity index (χ4v) is 4.56. The van der Waals surface area contributed by atoms with E-state index in [0.717, 1.165) is 44.3 Å². The minimum Gasteiger partial charge on any atom is -0.306 e. The summed E-state index contributed by atoms with van der Waals surface area (Å²) in [5, 5.41) is 8.21. The summed E-state index contributed by atoms with van der Waals surface area (Å²) in [6.45, 7) is 2.04. The van der Waals surface area contributed by atoms with Crippen molar-refractivity contribution in [3.8, 4) is 5.69 Å². The van der Waals surface area contributed by atoms with E-state index in [1.165, 1.54) is 0 Å². The van der Waals surface area contributed by atoms with Gasteiger partial charge in [-0.25, -0.2) is 4.68 Å². The summed E-state index contributed by atoms with van der Waals surface area (Å²) in [7, 11) is 0. The zero-order chi connectivity index (χ0) is 18.3. The molecule has 0 bridgehead atoms. The van der Waals surface area contributed by atoms with Crippen molar-refractivity contribution in [2.75, 3.05) is 5.32 Å². The van der Waals surface area contributed by atoms with E-state index in [2.05, 4.69) is 21.2 Å². The second-order valence-electron chi connectivity index (χ2n) is 6.04. The summed E-state index contributed by atoms with van der Waals surface area (Å²) >= 11 is 11.4. The molecule has 1 N–H and O–H groups in total. The number of carbonyl (C=O) groups is 1. The number of nitrogens with one attached hydrogen (secondary N) is 1. The standard InChI is InChI=1S/C19H15BrClN3OS/c1-11-4-2-3-5-17(11)24-18(14-9-26-10-16(14)23-24)22-19(25)13-8-12(20)6-7-15(13)21/h2-8H,9-10H2,1H3,(H,22,25). The Kier molecular flexibility index (Phi) is 4.82. The van der Waals surface area contributed by atoms with Crippen LogP contribution in [0.25, 0.3) is 5.69 Å². The summed E-state index contributed by atoms with van der Waals surface area (Å²) in [5.41, 5.74) is 4.59. The zero-order valence-electron chi connectivity index (χ0n) is 13.9. The van der Waals surface area contributed by atoms with Crippen LogP contribution in [0.5, 0.6) is 0 Å². The zero-order valence-corrected chi connectivity index (χ0v) is 17.1. The second kappa shape index (κ2) is 7.10. The molecule has 0 fully saturated rings. The van der Waals surface area contributed by atoms with E-state index in [1.54, 1.807) is 23.9 Å². The number of benzene rings is 2. The number of rotatable bonds is 3. The summed E-state index contributed by atoms with van der Waals surface area (Å²) in [4.78, 5) is 12.9. The topological polar surface area (TPSA) is 46.9 Å². The molecular formula is C19H15BrClN3OS. The van der Waals surface area contributed by atoms with Crippen LogP contribution < -0.4 is 5.32 Å². The number of aryl methyl sites for hydroxylation is 1. The number of amides is 1. The predicted octanol–water partition coefficient (Wildman–Crippen LogP) is 5.60. The van der Waals surface area contributed by atoms with Crippen LogP contribution in [-0.4, -0.2) is 15.7 Å². The molecule has 1 amide bonds. The van der Waals surface area contributed by atoms with Gasteiger partial charge in [0.05, 0.1) is 22.0 Å². The number of hydrogen-bond donors (Lipinski definition) is 1. The van der Waals surface area contributed by atoms with Crippen molar-refractivity contribution in [2.24, 2.45) is 0 Å². The first-order valence-electron chi connectivity index (χ1n) is 8.05. The Bertz CT molecular complexity index is 1020. The number of aromatic nitrogens is 2. The molecule has 7 heteroatoms. The molecule has 1 aliphatic heterocycles. The number of para-hydroxylation sites is 1. The molecule has 4 rings (SSSR count). The number of fused-ring (bicyclic) bond motifs is 1. The molecule has 0 unspecified atom stereocenters. The Labute approximate surface area is 169 Å². The normalized spacial score (nSPS) is 12.9. The highest BCUT2D eigenvalue weighted by atomic mass is 79.9. The lowest BCUT2D eigenvalue weighted by molar-refractivity contribution is 0.102. The molecule has 132 valence electrons. The molecule has 26 heavy (non-hydrogen) atoms. The van der Waals surface area contributed by atoms with Crippen molar-refractivity contribution in [1.82, 2.24) is 9.78 Å². The number of carbonyl (C=O) groups excluding carboxylic acids is 1. The fourth-order valence-electron chi connectivity index (χ4n) is 2.96. The SMILES string of the molecule is Cc1ccccc1-n1nc2c(c1NC(=O)c1cc(Br)ccc1Cl)CSC2. The number of thioether (sulfide) groups is 1. The first-order valence-corrected chi connectivity index (χ1v) is 10.4. The van der Waals surface area contributed by atoms with Gasteiger partial charge in [-0.2, -0.15) is 16.9 Å². The van der Waals surface area contributed by atoms with Crippen molar-refractivity contribution >= 4 is 51.0 Å². The van der Waals surface area contributed by atoms with Gasteiger partial charge >= 0.3 is 0 Å². The Morgan fingerprint density at radius 1 is 1.27 bits per heavy atom. The molecule has 0 aliphatic carbocycles. The van der Waals surface area contributed by atoms with E-state index in [9.17, 15) is 4.79 Å². The van der Waals surface area contributed by atoms with Gasteiger partial charge in [0.15, 0.2) is 0 Å². The average molecular weight is 449 g/mol. The maximum atomic E-state index is 12.9. The quantitative estimate of drug-likeness (QED) is 0.567. The number of hydrogen-bond acceptors (Lipinski definition) is 3. The first-order chi connectivity index (χ1) is 12.5. The Morgan fingerprint density at radius 3 is 2.88 bits per heavy atom. The van der Waals surface area contributed by atoms with Crippen molar-refractivity contribution in [2.45, 2.75) is 18.4 Å². The van der Waals surface area contributed by atoms with Crippen LogP contribution in [0, 0.1) is 6.92 Å². The molecular weight excluding hydrogens is 434 g/mol. The third-order valence-corrected chi connectivity index (χ3v) is 6.09. The van der Waals surface area contributed by atoms with Gasteiger partial charge in [-0.15, -0.1) is 0 Å². The molecule has 2 aromatic carbocycles. The highest BCUT2D eigenvalue weighted by Gasteiger charge is 2.26. The third kappa shape index (κ3) is 3.17. The minimum absolute atomic E-state index is 0.245. The van der Waals surface area contributed by atoms with Crippen molar-refractivity contribution in [3.63, 3.8) is 0 Å². The van der Waals surface area contributed by atoms with Crippen LogP contribution in [0.2, 0.25) is 5.02 Å². The molecule has 3 aromatic rings. The van der Waals surface area contributed by atoms with E-state index >= 15 is 0 Å². The fraction of sp³-hybridized carbons (Fsp3) is 0.158. The molecule has 0 spiro atoms. The van der Waals surface area contributed by atoms with Crippen LogP contribution in [0.15, 0.2) is 46.9 Å². The van der Waals surface area contributed by atoms with Crippen molar-refractivity contribution < 1.29 is 4.79 Å². The van der Waals surface area contributed by atoms with Gasteiger partial charge in [0.2, 0.25) is 0 Å². The molecule has 1 aromatic heterocycles. The molecule has 4 nitrogen and oxygen atoms in total. The lowest BCUT2D eigenvalue weighted by Crippen LogP contribution is -2.17. The Balaban J connectivity index is 1.78. The summed E-state index contributed by atoms with van der Waals surface area (Å²) in [6.07, 6.45) is 0.